The van der Waals surface area contributed by atoms with Gasteiger partial charge in [0.05, 0.1) is 11.5 Å². The first kappa shape index (κ1) is 23.6. The molecular weight excluding hydrogens is 408 g/mol. The number of carboxylic acids is 1. The molecule has 5 rings (SSSR count). The van der Waals surface area contributed by atoms with E-state index in [0.29, 0.717) is 23.7 Å². The molecule has 5 aliphatic rings. The van der Waals surface area contributed by atoms with Crippen LogP contribution in [0.2, 0.25) is 0 Å². The quantitative estimate of drug-likeness (QED) is 0.448. The number of aliphatic hydroxyl groups excluding tert-OH is 1. The molecule has 0 aromatic carbocycles. The van der Waals surface area contributed by atoms with Crippen LogP contribution in [0.25, 0.3) is 0 Å². The van der Waals surface area contributed by atoms with Gasteiger partial charge in [-0.15, -0.1) is 0 Å². The number of hydrogen-bond acceptors (Lipinski definition) is 2. The molecule has 0 spiro atoms. The zero-order valence-corrected chi connectivity index (χ0v) is 22.0. The third kappa shape index (κ3) is 2.69. The summed E-state index contributed by atoms with van der Waals surface area (Å²) in [4.78, 5) is 12.5. The number of carboxylic acid groups (broad SMARTS) is 1. The Kier molecular flexibility index (Phi) is 5.01. The van der Waals surface area contributed by atoms with Gasteiger partial charge in [-0.2, -0.15) is 0 Å². The van der Waals surface area contributed by atoms with Crippen LogP contribution in [0.1, 0.15) is 99.8 Å². The van der Waals surface area contributed by atoms with Crippen molar-refractivity contribution in [3.63, 3.8) is 0 Å². The molecule has 4 fully saturated rings. The average Bonchev–Trinajstić information content (AvgIpc) is 2.75. The summed E-state index contributed by atoms with van der Waals surface area (Å²) in [6, 6.07) is 0. The Labute approximate surface area is 201 Å². The number of rotatable bonds is 1. The van der Waals surface area contributed by atoms with Crippen molar-refractivity contribution < 1.29 is 15.0 Å². The molecule has 0 amide bonds. The van der Waals surface area contributed by atoms with Gasteiger partial charge in [-0.3, -0.25) is 4.79 Å². The van der Waals surface area contributed by atoms with E-state index >= 15 is 0 Å². The van der Waals surface area contributed by atoms with Crippen molar-refractivity contribution in [3.05, 3.63) is 23.3 Å². The molecule has 184 valence electrons. The molecule has 0 radical (unpaired) electrons. The Morgan fingerprint density at radius 2 is 1.58 bits per heavy atom. The SMILES string of the molecule is C[C@@H]1CC[C@]2(C)CC[C@]3(C)C(=CC=C4[C@@]5(C)CC[C@@H](O)[C@](C)(C(=O)O)C5CC[C@]43C)C2[C@H]1C. The first-order valence-electron chi connectivity index (χ1n) is 13.6. The Morgan fingerprint density at radius 1 is 0.879 bits per heavy atom. The number of fused-ring (bicyclic) bond motifs is 7. The molecule has 0 aromatic heterocycles. The fourth-order valence-electron chi connectivity index (χ4n) is 10.1. The minimum absolute atomic E-state index is 0.0217. The molecule has 0 heterocycles. The Morgan fingerprint density at radius 3 is 2.24 bits per heavy atom. The highest BCUT2D eigenvalue weighted by atomic mass is 16.4. The lowest BCUT2D eigenvalue weighted by molar-refractivity contribution is -0.181. The minimum Gasteiger partial charge on any atom is -0.481 e. The van der Waals surface area contributed by atoms with Gasteiger partial charge in [-0.1, -0.05) is 64.8 Å². The van der Waals surface area contributed by atoms with Gasteiger partial charge in [0.25, 0.3) is 0 Å². The van der Waals surface area contributed by atoms with Gasteiger partial charge in [0.15, 0.2) is 0 Å². The predicted molar refractivity (Wildman–Crippen MR) is 133 cm³/mol. The molecule has 3 nitrogen and oxygen atoms in total. The van der Waals surface area contributed by atoms with Crippen molar-refractivity contribution in [2.75, 3.05) is 0 Å². The summed E-state index contributed by atoms with van der Waals surface area (Å²) in [5.41, 5.74) is 2.55. The third-order valence-electron chi connectivity index (χ3n) is 12.9. The molecule has 33 heavy (non-hydrogen) atoms. The normalized spacial score (nSPS) is 55.8. The van der Waals surface area contributed by atoms with Crippen LogP contribution in [0, 0.1) is 50.7 Å². The van der Waals surface area contributed by atoms with Crippen LogP contribution in [-0.2, 0) is 4.79 Å². The lowest BCUT2D eigenvalue weighted by Crippen LogP contribution is -2.63. The largest absolute Gasteiger partial charge is 0.481 e. The predicted octanol–water partition coefficient (Wildman–Crippen LogP) is 7.01. The second kappa shape index (κ2) is 6.99. The van der Waals surface area contributed by atoms with Crippen LogP contribution < -0.4 is 0 Å². The van der Waals surface area contributed by atoms with E-state index in [2.05, 4.69) is 53.7 Å². The van der Waals surface area contributed by atoms with Gasteiger partial charge in [-0.25, -0.2) is 0 Å². The van der Waals surface area contributed by atoms with Crippen molar-refractivity contribution in [2.24, 2.45) is 50.7 Å². The van der Waals surface area contributed by atoms with Gasteiger partial charge in [0.1, 0.15) is 0 Å². The monoisotopic (exact) mass is 454 g/mol. The molecule has 2 N–H and O–H groups in total. The highest BCUT2D eigenvalue weighted by Gasteiger charge is 2.67. The summed E-state index contributed by atoms with van der Waals surface area (Å²) in [5.74, 6) is 1.28. The second-order valence-corrected chi connectivity index (χ2v) is 14.0. The first-order chi connectivity index (χ1) is 15.3. The molecule has 5 aliphatic carbocycles. The molecule has 10 atom stereocenters. The van der Waals surface area contributed by atoms with E-state index in [0.717, 1.165) is 25.2 Å². The highest BCUT2D eigenvalue weighted by Crippen LogP contribution is 2.74. The highest BCUT2D eigenvalue weighted by molar-refractivity contribution is 5.76. The number of aliphatic hydroxyl groups is 1. The van der Waals surface area contributed by atoms with Gasteiger partial charge in [0.2, 0.25) is 0 Å². The van der Waals surface area contributed by atoms with E-state index < -0.39 is 17.5 Å². The van der Waals surface area contributed by atoms with E-state index in [1.54, 1.807) is 5.57 Å². The number of carbonyl (C=O) groups is 1. The summed E-state index contributed by atoms with van der Waals surface area (Å²) in [6.45, 7) is 16.7. The Bertz CT molecular complexity index is 933. The molecule has 4 saturated carbocycles. The van der Waals surface area contributed by atoms with Crippen molar-refractivity contribution in [1.29, 1.82) is 0 Å². The Balaban J connectivity index is 1.65. The molecule has 0 saturated heterocycles. The maximum Gasteiger partial charge on any atom is 0.312 e. The second-order valence-electron chi connectivity index (χ2n) is 14.0. The molecule has 0 aliphatic heterocycles. The van der Waals surface area contributed by atoms with Gasteiger partial charge in [-0.05, 0) is 104 Å². The topological polar surface area (TPSA) is 57.5 Å². The minimum atomic E-state index is -1.07. The number of allylic oxidation sites excluding steroid dienone is 4. The molecular formula is C30H46O3. The van der Waals surface area contributed by atoms with E-state index in [-0.39, 0.29) is 22.2 Å². The van der Waals surface area contributed by atoms with E-state index in [1.165, 1.54) is 31.3 Å². The van der Waals surface area contributed by atoms with Gasteiger partial charge in [0, 0.05) is 0 Å². The van der Waals surface area contributed by atoms with E-state index in [4.69, 9.17) is 0 Å². The van der Waals surface area contributed by atoms with Crippen LogP contribution in [0.15, 0.2) is 23.3 Å². The zero-order valence-electron chi connectivity index (χ0n) is 22.0. The molecule has 3 heteroatoms. The van der Waals surface area contributed by atoms with Crippen LogP contribution in [-0.4, -0.2) is 22.3 Å². The van der Waals surface area contributed by atoms with Crippen LogP contribution in [0.4, 0.5) is 0 Å². The first-order valence-corrected chi connectivity index (χ1v) is 13.6. The van der Waals surface area contributed by atoms with Crippen LogP contribution in [0.3, 0.4) is 0 Å². The van der Waals surface area contributed by atoms with Crippen LogP contribution in [0.5, 0.6) is 0 Å². The summed E-state index contributed by atoms with van der Waals surface area (Å²) in [6.07, 6.45) is 12.8. The standard InChI is InChI=1S/C30H46O3/c1-18-10-13-26(3)16-17-28(5)20(24(26)19(18)2)8-9-21-27(4)14-12-23(31)30(7,25(32)33)22(27)11-15-29(21,28)6/h8-9,18-19,22-24,31H,10-17H2,1-7H3,(H,32,33)/t18-,19+,22?,23-,24?,26-,27-,28-,29-,30-/m1/s1. The van der Waals surface area contributed by atoms with Crippen molar-refractivity contribution >= 4 is 5.97 Å². The maximum absolute atomic E-state index is 12.5. The maximum atomic E-state index is 12.5. The summed E-state index contributed by atoms with van der Waals surface area (Å²) in [5, 5.41) is 21.1. The fourth-order valence-corrected chi connectivity index (χ4v) is 10.1. The molecule has 2 unspecified atom stereocenters. The van der Waals surface area contributed by atoms with Crippen molar-refractivity contribution in [2.45, 2.75) is 106 Å². The summed E-state index contributed by atoms with van der Waals surface area (Å²) in [7, 11) is 0. The summed E-state index contributed by atoms with van der Waals surface area (Å²) >= 11 is 0. The number of aliphatic carboxylic acids is 1. The lowest BCUT2D eigenvalue weighted by atomic mass is 9.36. The van der Waals surface area contributed by atoms with Crippen molar-refractivity contribution in [3.8, 4) is 0 Å². The van der Waals surface area contributed by atoms with Crippen LogP contribution >= 0.6 is 0 Å². The lowest BCUT2D eigenvalue weighted by Gasteiger charge is -2.68. The van der Waals surface area contributed by atoms with Gasteiger partial charge >= 0.3 is 5.97 Å². The van der Waals surface area contributed by atoms with Gasteiger partial charge < -0.3 is 10.2 Å². The molecule has 0 bridgehead atoms. The fraction of sp³-hybridized carbons (Fsp3) is 0.833. The third-order valence-corrected chi connectivity index (χ3v) is 12.9. The number of hydrogen-bond donors (Lipinski definition) is 2. The Hall–Kier alpha value is -1.09. The zero-order chi connectivity index (χ0) is 24.2. The average molecular weight is 455 g/mol. The van der Waals surface area contributed by atoms with E-state index in [9.17, 15) is 15.0 Å². The smallest absolute Gasteiger partial charge is 0.312 e. The van der Waals surface area contributed by atoms with Crippen molar-refractivity contribution in [1.82, 2.24) is 0 Å². The van der Waals surface area contributed by atoms with E-state index in [1.807, 2.05) is 6.92 Å². The molecule has 0 aromatic rings. The summed E-state index contributed by atoms with van der Waals surface area (Å²) < 4.78 is 0.